The quantitative estimate of drug-likeness (QED) is 0.720. The second-order valence-electron chi connectivity index (χ2n) is 6.60. The average Bonchev–Trinajstić information content (AvgIpc) is 3.29. The van der Waals surface area contributed by atoms with Crippen molar-refractivity contribution in [2.75, 3.05) is 13.1 Å². The van der Waals surface area contributed by atoms with Crippen molar-refractivity contribution < 1.29 is 9.90 Å². The molecule has 1 amide bonds. The predicted octanol–water partition coefficient (Wildman–Crippen LogP) is 3.82. The van der Waals surface area contributed by atoms with Gasteiger partial charge < -0.3 is 15.3 Å². The highest BCUT2D eigenvalue weighted by Crippen LogP contribution is 2.38. The normalized spacial score (nSPS) is 25.5. The molecule has 1 aromatic carbocycles. The van der Waals surface area contributed by atoms with Crippen molar-refractivity contribution in [3.8, 4) is 0 Å². The number of piperidine rings is 1. The summed E-state index contributed by atoms with van der Waals surface area (Å²) in [6.45, 7) is 3.53. The second-order valence-corrected chi connectivity index (χ2v) is 7.84. The van der Waals surface area contributed by atoms with Gasteiger partial charge in [0.1, 0.15) is 0 Å². The number of nitrogens with zero attached hydrogens (tertiary/aromatic N) is 1. The zero-order valence-electron chi connectivity index (χ0n) is 13.3. The molecule has 3 rings (SSSR count). The van der Waals surface area contributed by atoms with E-state index in [-0.39, 0.29) is 0 Å². The Morgan fingerprint density at radius 2 is 1.96 bits per heavy atom. The van der Waals surface area contributed by atoms with Gasteiger partial charge in [0.05, 0.1) is 0 Å². The van der Waals surface area contributed by atoms with Gasteiger partial charge in [-0.25, -0.2) is 4.79 Å². The molecule has 2 atom stereocenters. The number of hydrogen-bond donors (Lipinski definition) is 2. The molecular weight excluding hydrogens is 403 g/mol. The Labute approximate surface area is 151 Å². The number of carbonyl (C=O) groups is 1. The Morgan fingerprint density at radius 3 is 2.57 bits per heavy atom. The number of halogens is 1. The van der Waals surface area contributed by atoms with Gasteiger partial charge in [0.15, 0.2) is 0 Å². The minimum Gasteiger partial charge on any atom is -0.465 e. The summed E-state index contributed by atoms with van der Waals surface area (Å²) in [5.74, 6) is 0.631. The first-order valence-electron chi connectivity index (χ1n) is 8.20. The molecule has 1 aliphatic carbocycles. The van der Waals surface area contributed by atoms with Crippen LogP contribution in [0.25, 0.3) is 6.08 Å². The number of hydrogen-bond acceptors (Lipinski definition) is 2. The lowest BCUT2D eigenvalue weighted by molar-refractivity contribution is 0.128. The SMILES string of the molecule is C/C(=C\c1ccc(I)cc1)[C@@H]1C[C@H]1NC1CCN(C(=O)O)CC1. The Hall–Kier alpha value is -1.08. The number of benzene rings is 1. The van der Waals surface area contributed by atoms with Gasteiger partial charge in [-0.3, -0.25) is 0 Å². The van der Waals surface area contributed by atoms with Gasteiger partial charge in [-0.15, -0.1) is 0 Å². The average molecular weight is 426 g/mol. The van der Waals surface area contributed by atoms with Gasteiger partial charge in [-0.05, 0) is 72.4 Å². The maximum atomic E-state index is 10.9. The van der Waals surface area contributed by atoms with Crippen LogP contribution < -0.4 is 5.32 Å². The molecule has 4 nitrogen and oxygen atoms in total. The molecule has 2 fully saturated rings. The summed E-state index contributed by atoms with van der Waals surface area (Å²) in [6.07, 6.45) is 4.55. The summed E-state index contributed by atoms with van der Waals surface area (Å²) in [6, 6.07) is 9.63. The molecule has 2 N–H and O–H groups in total. The summed E-state index contributed by atoms with van der Waals surface area (Å²) >= 11 is 2.32. The summed E-state index contributed by atoms with van der Waals surface area (Å²) < 4.78 is 1.26. The fourth-order valence-corrected chi connectivity index (χ4v) is 3.71. The molecule has 124 valence electrons. The van der Waals surface area contributed by atoms with Crippen LogP contribution in [-0.2, 0) is 0 Å². The van der Waals surface area contributed by atoms with E-state index in [2.05, 4.69) is 65.2 Å². The van der Waals surface area contributed by atoms with E-state index in [4.69, 9.17) is 5.11 Å². The lowest BCUT2D eigenvalue weighted by atomic mass is 10.0. The molecule has 0 aromatic heterocycles. The summed E-state index contributed by atoms with van der Waals surface area (Å²) in [5, 5.41) is 12.7. The molecule has 0 unspecified atom stereocenters. The van der Waals surface area contributed by atoms with E-state index in [1.54, 1.807) is 0 Å². The van der Waals surface area contributed by atoms with Gasteiger partial charge in [0.25, 0.3) is 0 Å². The van der Waals surface area contributed by atoms with Crippen molar-refractivity contribution in [3.63, 3.8) is 0 Å². The zero-order valence-corrected chi connectivity index (χ0v) is 15.5. The van der Waals surface area contributed by atoms with Crippen molar-refractivity contribution in [1.82, 2.24) is 10.2 Å². The zero-order chi connectivity index (χ0) is 16.4. The first kappa shape index (κ1) is 16.8. The maximum Gasteiger partial charge on any atom is 0.407 e. The molecule has 5 heteroatoms. The molecule has 1 saturated carbocycles. The lowest BCUT2D eigenvalue weighted by Gasteiger charge is -2.30. The minimum atomic E-state index is -0.788. The van der Waals surface area contributed by atoms with Crippen LogP contribution >= 0.6 is 22.6 Å². The molecule has 1 heterocycles. The standard InChI is InChI=1S/C18H23IN2O2/c1-12(10-13-2-4-14(19)5-3-13)16-11-17(16)20-15-6-8-21(9-7-15)18(22)23/h2-5,10,15-17,20H,6-9,11H2,1H3,(H,22,23)/b12-10+/t16-,17+/m0/s1. The van der Waals surface area contributed by atoms with Crippen molar-refractivity contribution in [2.45, 2.75) is 38.3 Å². The maximum absolute atomic E-state index is 10.9. The second kappa shape index (κ2) is 7.21. The summed E-state index contributed by atoms with van der Waals surface area (Å²) in [7, 11) is 0. The Morgan fingerprint density at radius 1 is 1.30 bits per heavy atom. The van der Waals surface area contributed by atoms with Crippen molar-refractivity contribution in [3.05, 3.63) is 39.0 Å². The van der Waals surface area contributed by atoms with Crippen molar-refractivity contribution in [1.29, 1.82) is 0 Å². The molecule has 0 spiro atoms. The largest absolute Gasteiger partial charge is 0.465 e. The van der Waals surface area contributed by atoms with Crippen LogP contribution in [0.1, 0.15) is 31.7 Å². The van der Waals surface area contributed by atoms with Crippen LogP contribution in [0.2, 0.25) is 0 Å². The topological polar surface area (TPSA) is 52.6 Å². The van der Waals surface area contributed by atoms with Gasteiger partial charge in [-0.2, -0.15) is 0 Å². The third-order valence-corrected chi connectivity index (χ3v) is 5.57. The minimum absolute atomic E-state index is 0.465. The Bertz CT molecular complexity index is 592. The van der Waals surface area contributed by atoms with Crippen LogP contribution in [0.3, 0.4) is 0 Å². The van der Waals surface area contributed by atoms with Gasteiger partial charge in [0, 0.05) is 28.7 Å². The first-order chi connectivity index (χ1) is 11.0. The highest BCUT2D eigenvalue weighted by atomic mass is 127. The summed E-state index contributed by atoms with van der Waals surface area (Å²) in [5.41, 5.74) is 2.70. The fraction of sp³-hybridized carbons (Fsp3) is 0.500. The molecule has 1 saturated heterocycles. The lowest BCUT2D eigenvalue weighted by Crippen LogP contribution is -2.45. The Kier molecular flexibility index (Phi) is 5.26. The van der Waals surface area contributed by atoms with Crippen LogP contribution in [0.15, 0.2) is 29.8 Å². The molecule has 1 aromatic rings. The predicted molar refractivity (Wildman–Crippen MR) is 100 cm³/mol. The van der Waals surface area contributed by atoms with E-state index in [1.807, 2.05) is 0 Å². The molecule has 0 radical (unpaired) electrons. The van der Waals surface area contributed by atoms with Crippen molar-refractivity contribution in [2.24, 2.45) is 5.92 Å². The van der Waals surface area contributed by atoms with Crippen LogP contribution in [0.4, 0.5) is 4.79 Å². The van der Waals surface area contributed by atoms with Gasteiger partial charge in [-0.1, -0.05) is 23.8 Å². The van der Waals surface area contributed by atoms with Crippen LogP contribution in [0.5, 0.6) is 0 Å². The van der Waals surface area contributed by atoms with E-state index in [0.717, 1.165) is 12.8 Å². The molecule has 1 aliphatic heterocycles. The fourth-order valence-electron chi connectivity index (χ4n) is 3.35. The van der Waals surface area contributed by atoms with Gasteiger partial charge >= 0.3 is 6.09 Å². The molecule has 23 heavy (non-hydrogen) atoms. The number of amides is 1. The smallest absolute Gasteiger partial charge is 0.407 e. The van der Waals surface area contributed by atoms with E-state index < -0.39 is 6.09 Å². The van der Waals surface area contributed by atoms with Crippen molar-refractivity contribution >= 4 is 34.8 Å². The van der Waals surface area contributed by atoms with E-state index in [1.165, 1.54) is 26.0 Å². The monoisotopic (exact) mass is 426 g/mol. The number of nitrogens with one attached hydrogen (secondary N) is 1. The highest BCUT2D eigenvalue weighted by Gasteiger charge is 2.39. The molecule has 0 bridgehead atoms. The highest BCUT2D eigenvalue weighted by molar-refractivity contribution is 14.1. The molecular formula is C18H23IN2O2. The van der Waals surface area contributed by atoms with Gasteiger partial charge in [0.2, 0.25) is 0 Å². The van der Waals surface area contributed by atoms with E-state index in [0.29, 0.717) is 31.1 Å². The van der Waals surface area contributed by atoms with E-state index in [9.17, 15) is 4.79 Å². The van der Waals surface area contributed by atoms with Crippen LogP contribution in [-0.4, -0.2) is 41.3 Å². The Balaban J connectivity index is 1.48. The number of rotatable bonds is 4. The third-order valence-electron chi connectivity index (χ3n) is 4.85. The number of carboxylic acid groups (broad SMARTS) is 1. The third kappa shape index (κ3) is 4.47. The molecule has 2 aliphatic rings. The first-order valence-corrected chi connectivity index (χ1v) is 9.28. The summed E-state index contributed by atoms with van der Waals surface area (Å²) in [4.78, 5) is 12.4. The number of likely N-dealkylation sites (tertiary alicyclic amines) is 1. The van der Waals surface area contributed by atoms with E-state index >= 15 is 0 Å². The van der Waals surface area contributed by atoms with Crippen LogP contribution in [0, 0.1) is 9.49 Å².